The van der Waals surface area contributed by atoms with Crippen LogP contribution in [0.25, 0.3) is 0 Å². The van der Waals surface area contributed by atoms with E-state index in [1.165, 1.54) is 6.08 Å². The number of hydrogen-bond donors (Lipinski definition) is 0. The second kappa shape index (κ2) is 4.39. The molecule has 0 N–H and O–H groups in total. The van der Waals surface area contributed by atoms with Crippen molar-refractivity contribution in [2.45, 2.75) is 6.92 Å². The van der Waals surface area contributed by atoms with Gasteiger partial charge in [-0.2, -0.15) is 0 Å². The van der Waals surface area contributed by atoms with Crippen LogP contribution in [0.3, 0.4) is 0 Å². The van der Waals surface area contributed by atoms with Gasteiger partial charge in [-0.3, -0.25) is 0 Å². The fourth-order valence-electron chi connectivity index (χ4n) is 0.349. The summed E-state index contributed by atoms with van der Waals surface area (Å²) < 4.78 is 24.5. The Morgan fingerprint density at radius 2 is 2.00 bits per heavy atom. The average molecular weight is 209 g/mol. The molecular formula is C7H7BrF2. The third kappa shape index (κ3) is 2.92. The molecule has 0 aliphatic heterocycles. The van der Waals surface area contributed by atoms with Gasteiger partial charge < -0.3 is 0 Å². The van der Waals surface area contributed by atoms with Crippen molar-refractivity contribution < 1.29 is 8.78 Å². The van der Waals surface area contributed by atoms with Gasteiger partial charge >= 0.3 is 0 Å². The topological polar surface area (TPSA) is 0 Å². The van der Waals surface area contributed by atoms with Crippen molar-refractivity contribution in [3.8, 4) is 0 Å². The predicted molar refractivity (Wildman–Crippen MR) is 42.1 cm³/mol. The first-order chi connectivity index (χ1) is 4.59. The summed E-state index contributed by atoms with van der Waals surface area (Å²) in [5, 5.41) is 0. The molecule has 0 rings (SSSR count). The van der Waals surface area contributed by atoms with E-state index in [-0.39, 0.29) is 4.48 Å². The highest BCUT2D eigenvalue weighted by Gasteiger charge is 2.02. The van der Waals surface area contributed by atoms with E-state index in [0.29, 0.717) is 0 Å². The van der Waals surface area contributed by atoms with Crippen LogP contribution in [0.2, 0.25) is 0 Å². The summed E-state index contributed by atoms with van der Waals surface area (Å²) in [6.45, 7) is 4.50. The van der Waals surface area contributed by atoms with Crippen LogP contribution in [-0.2, 0) is 0 Å². The van der Waals surface area contributed by atoms with Crippen LogP contribution in [-0.4, -0.2) is 0 Å². The summed E-state index contributed by atoms with van der Waals surface area (Å²) in [5.41, 5.74) is 0. The molecule has 0 aromatic rings. The van der Waals surface area contributed by atoms with Gasteiger partial charge in [0.15, 0.2) is 11.7 Å². The van der Waals surface area contributed by atoms with Crippen molar-refractivity contribution in [3.05, 3.63) is 34.9 Å². The Bertz CT molecular complexity index is 192. The van der Waals surface area contributed by atoms with E-state index in [0.717, 1.165) is 0 Å². The fraction of sp³-hybridized carbons (Fsp3) is 0.143. The van der Waals surface area contributed by atoms with E-state index in [1.807, 2.05) is 0 Å². The summed E-state index contributed by atoms with van der Waals surface area (Å²) in [5.74, 6) is -2.02. The second-order valence-corrected chi connectivity index (χ2v) is 2.42. The Labute approximate surface area is 67.1 Å². The van der Waals surface area contributed by atoms with Crippen LogP contribution in [0.1, 0.15) is 6.92 Å². The molecule has 0 aliphatic rings. The fourth-order valence-corrected chi connectivity index (χ4v) is 0.829. The maximum atomic E-state index is 12.4. The molecule has 10 heavy (non-hydrogen) atoms. The minimum atomic E-state index is -1.06. The van der Waals surface area contributed by atoms with Gasteiger partial charge in [0.1, 0.15) is 0 Å². The largest absolute Gasteiger partial charge is 0.204 e. The van der Waals surface area contributed by atoms with Crippen LogP contribution in [0, 0.1) is 0 Å². The normalized spacial score (nSPS) is 13.6. The molecule has 0 heterocycles. The van der Waals surface area contributed by atoms with E-state index in [4.69, 9.17) is 0 Å². The lowest BCUT2D eigenvalue weighted by Gasteiger charge is -1.91. The maximum absolute atomic E-state index is 12.4. The molecule has 0 saturated carbocycles. The molecule has 0 spiro atoms. The van der Waals surface area contributed by atoms with Gasteiger partial charge in [0.25, 0.3) is 0 Å². The van der Waals surface area contributed by atoms with E-state index in [2.05, 4.69) is 22.5 Å². The number of rotatable bonds is 2. The van der Waals surface area contributed by atoms with Crippen LogP contribution >= 0.6 is 15.9 Å². The zero-order valence-electron chi connectivity index (χ0n) is 5.50. The predicted octanol–water partition coefficient (Wildman–Crippen LogP) is 3.62. The molecule has 0 aromatic heterocycles. The highest BCUT2D eigenvalue weighted by Crippen LogP contribution is 2.21. The van der Waals surface area contributed by atoms with Crippen LogP contribution in [0.15, 0.2) is 34.9 Å². The number of allylic oxidation sites excluding steroid dienone is 5. The molecule has 0 atom stereocenters. The molecule has 0 bridgehead atoms. The van der Waals surface area contributed by atoms with Gasteiger partial charge in [-0.05, 0) is 28.9 Å². The van der Waals surface area contributed by atoms with E-state index >= 15 is 0 Å². The van der Waals surface area contributed by atoms with Crippen molar-refractivity contribution >= 4 is 15.9 Å². The number of hydrogen-bond acceptors (Lipinski definition) is 0. The summed E-state index contributed by atoms with van der Waals surface area (Å²) in [6, 6.07) is 0. The first-order valence-corrected chi connectivity index (χ1v) is 3.41. The SMILES string of the molecule is C=C(F)/C(F)=C(Br)\C=C/C. The Morgan fingerprint density at radius 3 is 2.30 bits per heavy atom. The standard InChI is InChI=1S/C7H7BrF2/c1-3-4-6(8)7(10)5(2)9/h3-4H,2H2,1H3/b4-3-,7-6-. The lowest BCUT2D eigenvalue weighted by atomic mass is 10.4. The van der Waals surface area contributed by atoms with Crippen molar-refractivity contribution in [1.82, 2.24) is 0 Å². The van der Waals surface area contributed by atoms with Crippen molar-refractivity contribution in [2.24, 2.45) is 0 Å². The van der Waals surface area contributed by atoms with Crippen molar-refractivity contribution in [1.29, 1.82) is 0 Å². The Balaban J connectivity index is 4.50. The molecule has 3 heteroatoms. The van der Waals surface area contributed by atoms with Crippen LogP contribution in [0.4, 0.5) is 8.78 Å². The molecule has 0 radical (unpaired) electrons. The smallest absolute Gasteiger partial charge is 0.172 e. The van der Waals surface area contributed by atoms with Gasteiger partial charge in [0, 0.05) is 0 Å². The van der Waals surface area contributed by atoms with Gasteiger partial charge in [-0.25, -0.2) is 8.78 Å². The van der Waals surface area contributed by atoms with Crippen LogP contribution in [0.5, 0.6) is 0 Å². The molecule has 0 amide bonds. The minimum Gasteiger partial charge on any atom is -0.204 e. The minimum absolute atomic E-state index is 0.0718. The summed E-state index contributed by atoms with van der Waals surface area (Å²) in [6.07, 6.45) is 2.99. The zero-order chi connectivity index (χ0) is 8.15. The van der Waals surface area contributed by atoms with Crippen molar-refractivity contribution in [2.75, 3.05) is 0 Å². The third-order valence-corrected chi connectivity index (χ3v) is 1.37. The van der Waals surface area contributed by atoms with Gasteiger partial charge in [0.05, 0.1) is 4.48 Å². The molecule has 56 valence electrons. The summed E-state index contributed by atoms with van der Waals surface area (Å²) in [7, 11) is 0. The Morgan fingerprint density at radius 1 is 1.50 bits per heavy atom. The zero-order valence-corrected chi connectivity index (χ0v) is 7.08. The van der Waals surface area contributed by atoms with Crippen LogP contribution < -0.4 is 0 Å². The highest BCUT2D eigenvalue weighted by molar-refractivity contribution is 9.11. The van der Waals surface area contributed by atoms with E-state index < -0.39 is 11.7 Å². The van der Waals surface area contributed by atoms with E-state index in [1.54, 1.807) is 13.0 Å². The average Bonchev–Trinajstić information content (AvgIpc) is 1.87. The molecule has 0 nitrogen and oxygen atoms in total. The molecule has 0 aliphatic carbocycles. The first-order valence-electron chi connectivity index (χ1n) is 2.62. The molecule has 0 unspecified atom stereocenters. The molecule has 0 aromatic carbocycles. The lowest BCUT2D eigenvalue weighted by Crippen LogP contribution is -1.74. The number of halogens is 3. The van der Waals surface area contributed by atoms with Crippen molar-refractivity contribution in [3.63, 3.8) is 0 Å². The molecule has 0 saturated heterocycles. The van der Waals surface area contributed by atoms with E-state index in [9.17, 15) is 8.78 Å². The third-order valence-electron chi connectivity index (χ3n) is 0.761. The quantitative estimate of drug-likeness (QED) is 0.609. The monoisotopic (exact) mass is 208 g/mol. The maximum Gasteiger partial charge on any atom is 0.172 e. The lowest BCUT2D eigenvalue weighted by molar-refractivity contribution is 0.547. The Kier molecular flexibility index (Phi) is 4.19. The molecule has 0 fully saturated rings. The molecular weight excluding hydrogens is 202 g/mol. The first kappa shape index (κ1) is 9.56. The van der Waals surface area contributed by atoms with Gasteiger partial charge in [0.2, 0.25) is 0 Å². The van der Waals surface area contributed by atoms with Gasteiger partial charge in [-0.1, -0.05) is 12.7 Å². The highest BCUT2D eigenvalue weighted by atomic mass is 79.9. The second-order valence-electron chi connectivity index (χ2n) is 1.57. The summed E-state index contributed by atoms with van der Waals surface area (Å²) >= 11 is 2.82. The Hall–Kier alpha value is -0.440. The summed E-state index contributed by atoms with van der Waals surface area (Å²) in [4.78, 5) is 0. The van der Waals surface area contributed by atoms with Gasteiger partial charge in [-0.15, -0.1) is 0 Å².